The highest BCUT2D eigenvalue weighted by Gasteiger charge is 2.20. The summed E-state index contributed by atoms with van der Waals surface area (Å²) in [5.74, 6) is 0.174. The number of halogens is 2. The zero-order valence-electron chi connectivity index (χ0n) is 10.0. The molecule has 5 nitrogen and oxygen atoms in total. The van der Waals surface area contributed by atoms with Crippen molar-refractivity contribution >= 4 is 29.1 Å². The highest BCUT2D eigenvalue weighted by molar-refractivity contribution is 6.36. The number of nitrogens with two attached hydrogens (primary N) is 1. The molecule has 0 atom stereocenters. The van der Waals surface area contributed by atoms with Gasteiger partial charge in [-0.2, -0.15) is 0 Å². The Morgan fingerprint density at radius 2 is 1.85 bits per heavy atom. The Kier molecular flexibility index (Phi) is 3.30. The van der Waals surface area contributed by atoms with Crippen LogP contribution >= 0.6 is 23.2 Å². The molecular weight excluding hydrogens is 299 g/mol. The topological polar surface area (TPSA) is 77.8 Å². The molecule has 3 aromatic rings. The Morgan fingerprint density at radius 1 is 1.10 bits per heavy atom. The van der Waals surface area contributed by atoms with Crippen molar-refractivity contribution in [3.8, 4) is 22.4 Å². The van der Waals surface area contributed by atoms with E-state index >= 15 is 0 Å². The van der Waals surface area contributed by atoms with E-state index in [0.29, 0.717) is 32.4 Å². The van der Waals surface area contributed by atoms with Gasteiger partial charge in [0.2, 0.25) is 5.88 Å². The number of benzene rings is 1. The van der Waals surface area contributed by atoms with Crippen LogP contribution in [0.5, 0.6) is 0 Å². The molecular formula is C13H8Cl2N4O. The molecule has 0 fully saturated rings. The lowest BCUT2D eigenvalue weighted by Gasteiger charge is -2.05. The van der Waals surface area contributed by atoms with Gasteiger partial charge in [0, 0.05) is 28.5 Å². The predicted octanol–water partition coefficient (Wildman–Crippen LogP) is 3.69. The number of aromatic nitrogens is 3. The lowest BCUT2D eigenvalue weighted by atomic mass is 10.0. The minimum atomic E-state index is 0.174. The summed E-state index contributed by atoms with van der Waals surface area (Å²) in [6.45, 7) is 0. The van der Waals surface area contributed by atoms with Crippen molar-refractivity contribution in [2.75, 3.05) is 5.73 Å². The van der Waals surface area contributed by atoms with Crippen LogP contribution in [0.25, 0.3) is 22.4 Å². The first-order chi connectivity index (χ1) is 9.66. The molecule has 2 heterocycles. The molecule has 7 heteroatoms. The highest BCUT2D eigenvalue weighted by atomic mass is 35.5. The van der Waals surface area contributed by atoms with Gasteiger partial charge in [-0.1, -0.05) is 34.4 Å². The molecule has 0 unspecified atom stereocenters. The van der Waals surface area contributed by atoms with E-state index in [9.17, 15) is 0 Å². The van der Waals surface area contributed by atoms with Crippen LogP contribution in [0, 0.1) is 0 Å². The van der Waals surface area contributed by atoms with Crippen LogP contribution < -0.4 is 5.73 Å². The van der Waals surface area contributed by atoms with Gasteiger partial charge in [0.05, 0.1) is 10.6 Å². The van der Waals surface area contributed by atoms with Crippen LogP contribution in [0.1, 0.15) is 0 Å². The van der Waals surface area contributed by atoms with E-state index in [2.05, 4.69) is 15.1 Å². The van der Waals surface area contributed by atoms with Gasteiger partial charge in [-0.15, -0.1) is 0 Å². The number of anilines is 1. The van der Waals surface area contributed by atoms with Gasteiger partial charge in [0.25, 0.3) is 0 Å². The van der Waals surface area contributed by atoms with E-state index in [1.54, 1.807) is 30.6 Å². The summed E-state index contributed by atoms with van der Waals surface area (Å²) in [7, 11) is 0. The van der Waals surface area contributed by atoms with Crippen molar-refractivity contribution in [1.82, 2.24) is 15.1 Å². The van der Waals surface area contributed by atoms with Gasteiger partial charge in [-0.3, -0.25) is 0 Å². The fourth-order valence-corrected chi connectivity index (χ4v) is 2.38. The first-order valence-corrected chi connectivity index (χ1v) is 6.38. The second-order valence-corrected chi connectivity index (χ2v) is 4.87. The smallest absolute Gasteiger partial charge is 0.230 e. The molecule has 0 aliphatic rings. The third-order valence-corrected chi connectivity index (χ3v) is 3.30. The van der Waals surface area contributed by atoms with E-state index < -0.39 is 0 Å². The Morgan fingerprint density at radius 3 is 2.55 bits per heavy atom. The molecule has 0 amide bonds. The summed E-state index contributed by atoms with van der Waals surface area (Å²) in [5, 5.41) is 4.96. The fourth-order valence-electron chi connectivity index (χ4n) is 1.87. The summed E-state index contributed by atoms with van der Waals surface area (Å²) in [5.41, 5.74) is 8.37. The van der Waals surface area contributed by atoms with Crippen molar-refractivity contribution in [2.45, 2.75) is 0 Å². The SMILES string of the molecule is Nc1onc(-c2cncnc2)c1-c1ccc(Cl)cc1Cl. The van der Waals surface area contributed by atoms with Crippen LogP contribution in [0.3, 0.4) is 0 Å². The quantitative estimate of drug-likeness (QED) is 0.781. The molecule has 0 bridgehead atoms. The normalized spacial score (nSPS) is 10.7. The minimum absolute atomic E-state index is 0.174. The van der Waals surface area contributed by atoms with Gasteiger partial charge in [0.1, 0.15) is 12.0 Å². The zero-order valence-corrected chi connectivity index (χ0v) is 11.6. The number of nitrogen functional groups attached to an aromatic ring is 1. The van der Waals surface area contributed by atoms with E-state index in [1.807, 2.05) is 0 Å². The van der Waals surface area contributed by atoms with Crippen molar-refractivity contribution < 1.29 is 4.52 Å². The molecule has 0 radical (unpaired) electrons. The van der Waals surface area contributed by atoms with Gasteiger partial charge in [-0.05, 0) is 12.1 Å². The molecule has 1 aromatic carbocycles. The molecule has 0 saturated heterocycles. The molecule has 0 aliphatic carbocycles. The number of rotatable bonds is 2. The Labute approximate surface area is 124 Å². The van der Waals surface area contributed by atoms with Crippen molar-refractivity contribution in [2.24, 2.45) is 0 Å². The van der Waals surface area contributed by atoms with Gasteiger partial charge in [0.15, 0.2) is 0 Å². The number of nitrogens with zero attached hydrogens (tertiary/aromatic N) is 3. The fraction of sp³-hybridized carbons (Fsp3) is 0. The van der Waals surface area contributed by atoms with E-state index in [0.717, 1.165) is 0 Å². The van der Waals surface area contributed by atoms with Crippen LogP contribution in [0.15, 0.2) is 41.4 Å². The van der Waals surface area contributed by atoms with Gasteiger partial charge < -0.3 is 10.3 Å². The lowest BCUT2D eigenvalue weighted by Crippen LogP contribution is -1.90. The monoisotopic (exact) mass is 306 g/mol. The summed E-state index contributed by atoms with van der Waals surface area (Å²) >= 11 is 12.1. The van der Waals surface area contributed by atoms with Crippen LogP contribution in [0.2, 0.25) is 10.0 Å². The third kappa shape index (κ3) is 2.21. The maximum atomic E-state index is 6.21. The molecule has 0 saturated carbocycles. The molecule has 2 N–H and O–H groups in total. The first kappa shape index (κ1) is 12.9. The predicted molar refractivity (Wildman–Crippen MR) is 77.4 cm³/mol. The molecule has 0 aliphatic heterocycles. The minimum Gasteiger partial charge on any atom is -0.367 e. The maximum absolute atomic E-state index is 6.21. The number of hydrogen-bond donors (Lipinski definition) is 1. The molecule has 2 aromatic heterocycles. The van der Waals surface area contributed by atoms with Gasteiger partial charge >= 0.3 is 0 Å². The molecule has 3 rings (SSSR count). The van der Waals surface area contributed by atoms with Crippen molar-refractivity contribution in [1.29, 1.82) is 0 Å². The van der Waals surface area contributed by atoms with E-state index in [1.165, 1.54) is 6.33 Å². The lowest BCUT2D eigenvalue weighted by molar-refractivity contribution is 0.439. The second kappa shape index (κ2) is 5.11. The van der Waals surface area contributed by atoms with E-state index in [4.69, 9.17) is 33.5 Å². The van der Waals surface area contributed by atoms with Crippen molar-refractivity contribution in [3.63, 3.8) is 0 Å². The Bertz CT molecular complexity index is 758. The van der Waals surface area contributed by atoms with Crippen LogP contribution in [0.4, 0.5) is 5.88 Å². The molecule has 20 heavy (non-hydrogen) atoms. The van der Waals surface area contributed by atoms with E-state index in [-0.39, 0.29) is 5.88 Å². The Hall–Kier alpha value is -2.11. The van der Waals surface area contributed by atoms with Crippen molar-refractivity contribution in [3.05, 3.63) is 47.0 Å². The third-order valence-electron chi connectivity index (χ3n) is 2.75. The molecule has 0 spiro atoms. The summed E-state index contributed by atoms with van der Waals surface area (Å²) in [6, 6.07) is 5.12. The van der Waals surface area contributed by atoms with Gasteiger partial charge in [-0.25, -0.2) is 9.97 Å². The maximum Gasteiger partial charge on any atom is 0.230 e. The molecule has 100 valence electrons. The number of hydrogen-bond acceptors (Lipinski definition) is 5. The standard InChI is InChI=1S/C13H8Cl2N4O/c14-8-1-2-9(10(15)3-8)11-12(19-20-13(11)16)7-4-17-6-18-5-7/h1-6H,16H2. The highest BCUT2D eigenvalue weighted by Crippen LogP contribution is 2.39. The summed E-state index contributed by atoms with van der Waals surface area (Å²) < 4.78 is 5.07. The summed E-state index contributed by atoms with van der Waals surface area (Å²) in [6.07, 6.45) is 4.68. The average molecular weight is 307 g/mol. The van der Waals surface area contributed by atoms with Crippen LogP contribution in [-0.2, 0) is 0 Å². The Balaban J connectivity index is 2.22. The zero-order chi connectivity index (χ0) is 14.1. The average Bonchev–Trinajstić information content (AvgIpc) is 2.82. The summed E-state index contributed by atoms with van der Waals surface area (Å²) in [4.78, 5) is 7.91. The first-order valence-electron chi connectivity index (χ1n) is 5.63. The largest absolute Gasteiger partial charge is 0.367 e. The van der Waals surface area contributed by atoms with Crippen LogP contribution in [-0.4, -0.2) is 15.1 Å². The second-order valence-electron chi connectivity index (χ2n) is 4.02.